The van der Waals surface area contributed by atoms with Crippen molar-refractivity contribution in [2.75, 3.05) is 26.1 Å². The topological polar surface area (TPSA) is 68.9 Å². The molecule has 19 heavy (non-hydrogen) atoms. The van der Waals surface area contributed by atoms with Crippen molar-refractivity contribution in [1.29, 1.82) is 0 Å². The standard InChI is InChI=1S/C13H21N3O2.HI/c1-13(2,18-4)9-15-12(14)16-10-5-7-11(17-3)8-6-10;/h5-8H,9H2,1-4H3,(H3,14,15,16);1H. The van der Waals surface area contributed by atoms with Crippen LogP contribution in [0.5, 0.6) is 5.75 Å². The summed E-state index contributed by atoms with van der Waals surface area (Å²) < 4.78 is 10.3. The van der Waals surface area contributed by atoms with Crippen LogP contribution < -0.4 is 15.8 Å². The van der Waals surface area contributed by atoms with Gasteiger partial charge < -0.3 is 20.5 Å². The van der Waals surface area contributed by atoms with E-state index in [0.29, 0.717) is 12.5 Å². The fourth-order valence-electron chi connectivity index (χ4n) is 1.20. The quantitative estimate of drug-likeness (QED) is 0.469. The summed E-state index contributed by atoms with van der Waals surface area (Å²) in [6, 6.07) is 7.47. The predicted molar refractivity (Wildman–Crippen MR) is 89.6 cm³/mol. The van der Waals surface area contributed by atoms with Crippen molar-refractivity contribution in [2.45, 2.75) is 19.4 Å². The predicted octanol–water partition coefficient (Wildman–Crippen LogP) is 2.46. The highest BCUT2D eigenvalue weighted by Crippen LogP contribution is 2.14. The molecule has 0 unspecified atom stereocenters. The number of nitrogens with one attached hydrogen (secondary N) is 1. The van der Waals surface area contributed by atoms with E-state index in [1.54, 1.807) is 14.2 Å². The maximum Gasteiger partial charge on any atom is 0.193 e. The number of guanidine groups is 1. The first-order chi connectivity index (χ1) is 8.46. The van der Waals surface area contributed by atoms with Crippen LogP contribution in [0, 0.1) is 0 Å². The van der Waals surface area contributed by atoms with Crippen molar-refractivity contribution < 1.29 is 9.47 Å². The van der Waals surface area contributed by atoms with E-state index in [0.717, 1.165) is 11.4 Å². The van der Waals surface area contributed by atoms with Crippen molar-refractivity contribution >= 4 is 35.6 Å². The van der Waals surface area contributed by atoms with E-state index in [1.807, 2.05) is 38.1 Å². The molecule has 0 aliphatic heterocycles. The third-order valence-electron chi connectivity index (χ3n) is 2.55. The minimum atomic E-state index is -0.313. The zero-order valence-electron chi connectivity index (χ0n) is 11.8. The maximum absolute atomic E-state index is 5.79. The maximum atomic E-state index is 5.79. The van der Waals surface area contributed by atoms with E-state index in [2.05, 4.69) is 10.3 Å². The highest BCUT2D eigenvalue weighted by molar-refractivity contribution is 14.0. The highest BCUT2D eigenvalue weighted by Gasteiger charge is 2.15. The van der Waals surface area contributed by atoms with E-state index >= 15 is 0 Å². The number of nitrogens with zero attached hydrogens (tertiary/aromatic N) is 1. The third kappa shape index (κ3) is 6.63. The molecule has 0 atom stereocenters. The van der Waals surface area contributed by atoms with Gasteiger partial charge in [0.1, 0.15) is 5.75 Å². The van der Waals surface area contributed by atoms with Crippen LogP contribution in [0.25, 0.3) is 0 Å². The second-order valence-corrected chi connectivity index (χ2v) is 4.52. The Bertz CT molecular complexity index is 405. The molecule has 0 saturated carbocycles. The summed E-state index contributed by atoms with van der Waals surface area (Å²) in [6.07, 6.45) is 0. The molecule has 3 N–H and O–H groups in total. The Hall–Kier alpha value is -1.02. The lowest BCUT2D eigenvalue weighted by Gasteiger charge is -2.20. The smallest absolute Gasteiger partial charge is 0.193 e. The Kier molecular flexibility index (Phi) is 7.77. The molecular formula is C13H22IN3O2. The molecule has 0 bridgehead atoms. The van der Waals surface area contributed by atoms with Gasteiger partial charge in [0.2, 0.25) is 0 Å². The van der Waals surface area contributed by atoms with Crippen LogP contribution in [0.4, 0.5) is 5.69 Å². The van der Waals surface area contributed by atoms with Crippen molar-refractivity contribution in [1.82, 2.24) is 0 Å². The van der Waals surface area contributed by atoms with Crippen LogP contribution >= 0.6 is 24.0 Å². The summed E-state index contributed by atoms with van der Waals surface area (Å²) in [5.74, 6) is 1.17. The lowest BCUT2D eigenvalue weighted by molar-refractivity contribution is 0.0312. The molecule has 0 aliphatic rings. The normalized spacial score (nSPS) is 11.7. The molecular weight excluding hydrogens is 357 g/mol. The highest BCUT2D eigenvalue weighted by atomic mass is 127. The SMILES string of the molecule is COc1ccc(NC(N)=NCC(C)(C)OC)cc1.I. The van der Waals surface area contributed by atoms with E-state index in [1.165, 1.54) is 0 Å². The molecule has 6 heteroatoms. The Morgan fingerprint density at radius 1 is 1.26 bits per heavy atom. The number of rotatable bonds is 5. The molecule has 0 aliphatic carbocycles. The summed E-state index contributed by atoms with van der Waals surface area (Å²) in [7, 11) is 3.29. The molecule has 0 heterocycles. The number of hydrogen-bond acceptors (Lipinski definition) is 3. The van der Waals surface area contributed by atoms with Crippen LogP contribution in [-0.4, -0.2) is 32.3 Å². The van der Waals surface area contributed by atoms with Gasteiger partial charge in [-0.3, -0.25) is 4.99 Å². The summed E-state index contributed by atoms with van der Waals surface area (Å²) in [5.41, 5.74) is 6.34. The second-order valence-electron chi connectivity index (χ2n) is 4.52. The molecule has 0 amide bonds. The number of hydrogen-bond donors (Lipinski definition) is 2. The van der Waals surface area contributed by atoms with Gasteiger partial charge in [0.25, 0.3) is 0 Å². The van der Waals surface area contributed by atoms with E-state index in [9.17, 15) is 0 Å². The first-order valence-electron chi connectivity index (χ1n) is 5.73. The molecule has 0 spiro atoms. The number of benzene rings is 1. The van der Waals surface area contributed by atoms with Gasteiger partial charge in [-0.1, -0.05) is 0 Å². The van der Waals surface area contributed by atoms with Gasteiger partial charge in [0.05, 0.1) is 19.3 Å². The average Bonchev–Trinajstić information content (AvgIpc) is 2.37. The number of methoxy groups -OCH3 is 2. The zero-order valence-corrected chi connectivity index (χ0v) is 14.1. The Labute approximate surface area is 131 Å². The minimum Gasteiger partial charge on any atom is -0.497 e. The van der Waals surface area contributed by atoms with Gasteiger partial charge in [-0.2, -0.15) is 0 Å². The summed E-state index contributed by atoms with van der Waals surface area (Å²) in [4.78, 5) is 4.23. The van der Waals surface area contributed by atoms with Crippen molar-refractivity contribution in [3.8, 4) is 5.75 Å². The first-order valence-corrected chi connectivity index (χ1v) is 5.73. The summed E-state index contributed by atoms with van der Waals surface area (Å²) in [6.45, 7) is 4.41. The van der Waals surface area contributed by atoms with Crippen LogP contribution in [0.2, 0.25) is 0 Å². The molecule has 0 fully saturated rings. The van der Waals surface area contributed by atoms with Gasteiger partial charge in [-0.05, 0) is 38.1 Å². The van der Waals surface area contributed by atoms with Gasteiger partial charge in [0.15, 0.2) is 5.96 Å². The Balaban J connectivity index is 0.00000324. The molecule has 0 aromatic heterocycles. The Morgan fingerprint density at radius 3 is 2.32 bits per heavy atom. The molecule has 0 saturated heterocycles. The van der Waals surface area contributed by atoms with E-state index in [-0.39, 0.29) is 29.6 Å². The number of ether oxygens (including phenoxy) is 2. The number of nitrogens with two attached hydrogens (primary N) is 1. The number of anilines is 1. The Morgan fingerprint density at radius 2 is 1.84 bits per heavy atom. The van der Waals surface area contributed by atoms with Gasteiger partial charge in [0, 0.05) is 12.8 Å². The number of aliphatic imine (C=N–C) groups is 1. The van der Waals surface area contributed by atoms with Crippen molar-refractivity contribution in [3.05, 3.63) is 24.3 Å². The second kappa shape index (κ2) is 8.21. The molecule has 0 radical (unpaired) electrons. The first kappa shape index (κ1) is 18.0. The van der Waals surface area contributed by atoms with Crippen LogP contribution in [0.1, 0.15) is 13.8 Å². The van der Waals surface area contributed by atoms with Gasteiger partial charge in [-0.25, -0.2) is 0 Å². The van der Waals surface area contributed by atoms with E-state index < -0.39 is 0 Å². The van der Waals surface area contributed by atoms with Crippen LogP contribution in [0.3, 0.4) is 0 Å². The minimum absolute atomic E-state index is 0. The molecule has 1 aromatic carbocycles. The molecule has 5 nitrogen and oxygen atoms in total. The molecule has 108 valence electrons. The third-order valence-corrected chi connectivity index (χ3v) is 2.55. The summed E-state index contributed by atoms with van der Waals surface area (Å²) in [5, 5.41) is 3.01. The van der Waals surface area contributed by atoms with Crippen LogP contribution in [-0.2, 0) is 4.74 Å². The monoisotopic (exact) mass is 379 g/mol. The van der Waals surface area contributed by atoms with Gasteiger partial charge in [-0.15, -0.1) is 24.0 Å². The average molecular weight is 379 g/mol. The lowest BCUT2D eigenvalue weighted by atomic mass is 10.1. The fourth-order valence-corrected chi connectivity index (χ4v) is 1.20. The largest absolute Gasteiger partial charge is 0.497 e. The molecule has 1 aromatic rings. The van der Waals surface area contributed by atoms with Crippen LogP contribution in [0.15, 0.2) is 29.3 Å². The number of halogens is 1. The summed E-state index contributed by atoms with van der Waals surface area (Å²) >= 11 is 0. The van der Waals surface area contributed by atoms with Gasteiger partial charge >= 0.3 is 0 Å². The molecule has 1 rings (SSSR count). The fraction of sp³-hybridized carbons (Fsp3) is 0.462. The van der Waals surface area contributed by atoms with Crippen molar-refractivity contribution in [3.63, 3.8) is 0 Å². The van der Waals surface area contributed by atoms with E-state index in [4.69, 9.17) is 15.2 Å². The van der Waals surface area contributed by atoms with Crippen molar-refractivity contribution in [2.24, 2.45) is 10.7 Å². The zero-order chi connectivity index (χ0) is 13.6. The lowest BCUT2D eigenvalue weighted by Crippen LogP contribution is -2.30.